The Balaban J connectivity index is 2.03. The van der Waals surface area contributed by atoms with E-state index < -0.39 is 17.1 Å². The zero-order valence-electron chi connectivity index (χ0n) is 10.4. The molecular formula is C13H13Cl2FN2O2. The number of nitrogens with two attached hydrogens (primary N) is 1. The van der Waals surface area contributed by atoms with E-state index in [1.54, 1.807) is 24.3 Å². The number of amidine groups is 1. The second kappa shape index (κ2) is 5.58. The standard InChI is InChI=1S/C13H13Cl2FN2O2/c14-9-3-1-8(2-4-9)13(16)5-7(6-13)11(17)18-10(15)12(19)20/h1-4,7,10H,5-6H2,(H2,17,18)(H,19,20). The molecule has 0 spiro atoms. The lowest BCUT2D eigenvalue weighted by atomic mass is 9.68. The van der Waals surface area contributed by atoms with Gasteiger partial charge in [0.15, 0.2) is 0 Å². The summed E-state index contributed by atoms with van der Waals surface area (Å²) in [5.41, 5.74) is 3.29. The summed E-state index contributed by atoms with van der Waals surface area (Å²) >= 11 is 11.2. The predicted molar refractivity (Wildman–Crippen MR) is 75.9 cm³/mol. The monoisotopic (exact) mass is 318 g/mol. The molecule has 20 heavy (non-hydrogen) atoms. The third kappa shape index (κ3) is 3.04. The van der Waals surface area contributed by atoms with Gasteiger partial charge in [-0.25, -0.2) is 14.2 Å². The number of hydrogen-bond acceptors (Lipinski definition) is 2. The summed E-state index contributed by atoms with van der Waals surface area (Å²) in [7, 11) is 0. The first-order valence-electron chi connectivity index (χ1n) is 5.97. The van der Waals surface area contributed by atoms with E-state index in [9.17, 15) is 9.18 Å². The summed E-state index contributed by atoms with van der Waals surface area (Å²) in [6.07, 6.45) is 0.320. The van der Waals surface area contributed by atoms with E-state index in [1.807, 2.05) is 0 Å². The number of alkyl halides is 2. The Morgan fingerprint density at radius 3 is 2.50 bits per heavy atom. The summed E-state index contributed by atoms with van der Waals surface area (Å²) in [5, 5.41) is 9.17. The SMILES string of the molecule is N/C(=N\C(Cl)C(=O)O)C1CC(F)(c2ccc(Cl)cc2)C1. The highest BCUT2D eigenvalue weighted by Gasteiger charge is 2.47. The Morgan fingerprint density at radius 2 is 2.00 bits per heavy atom. The Morgan fingerprint density at radius 1 is 1.45 bits per heavy atom. The number of carboxylic acid groups (broad SMARTS) is 1. The van der Waals surface area contributed by atoms with Crippen molar-refractivity contribution in [3.05, 3.63) is 34.9 Å². The maximum Gasteiger partial charge on any atom is 0.344 e. The van der Waals surface area contributed by atoms with Crippen LogP contribution in [0.3, 0.4) is 0 Å². The van der Waals surface area contributed by atoms with Crippen molar-refractivity contribution >= 4 is 35.0 Å². The molecule has 4 nitrogen and oxygen atoms in total. The van der Waals surface area contributed by atoms with E-state index in [4.69, 9.17) is 34.0 Å². The molecule has 0 amide bonds. The summed E-state index contributed by atoms with van der Waals surface area (Å²) in [5.74, 6) is -1.50. The molecule has 1 aliphatic carbocycles. The minimum atomic E-state index is -1.47. The van der Waals surface area contributed by atoms with E-state index in [1.165, 1.54) is 0 Å². The number of carboxylic acids is 1. The first-order valence-corrected chi connectivity index (χ1v) is 6.78. The number of carbonyl (C=O) groups is 1. The van der Waals surface area contributed by atoms with E-state index in [2.05, 4.69) is 4.99 Å². The zero-order valence-corrected chi connectivity index (χ0v) is 11.9. The first-order chi connectivity index (χ1) is 9.32. The summed E-state index contributed by atoms with van der Waals surface area (Å²) in [4.78, 5) is 14.2. The molecule has 0 aromatic heterocycles. The molecule has 0 saturated heterocycles. The lowest BCUT2D eigenvalue weighted by molar-refractivity contribution is -0.136. The molecule has 1 aliphatic rings. The number of aliphatic carboxylic acids is 1. The highest BCUT2D eigenvalue weighted by molar-refractivity contribution is 6.30. The van der Waals surface area contributed by atoms with Gasteiger partial charge in [0.25, 0.3) is 0 Å². The molecule has 0 heterocycles. The van der Waals surface area contributed by atoms with Gasteiger partial charge in [-0.15, -0.1) is 0 Å². The molecule has 3 N–H and O–H groups in total. The average molecular weight is 319 g/mol. The molecule has 0 aliphatic heterocycles. The largest absolute Gasteiger partial charge is 0.479 e. The van der Waals surface area contributed by atoms with Gasteiger partial charge >= 0.3 is 5.97 Å². The molecule has 1 atom stereocenters. The van der Waals surface area contributed by atoms with Crippen molar-refractivity contribution < 1.29 is 14.3 Å². The van der Waals surface area contributed by atoms with Crippen LogP contribution in [0, 0.1) is 5.92 Å². The quantitative estimate of drug-likeness (QED) is 0.388. The van der Waals surface area contributed by atoms with Crippen molar-refractivity contribution in [3.63, 3.8) is 0 Å². The topological polar surface area (TPSA) is 75.7 Å². The molecule has 7 heteroatoms. The van der Waals surface area contributed by atoms with Gasteiger partial charge in [0.05, 0.1) is 5.84 Å². The summed E-state index contributed by atoms with van der Waals surface area (Å²) < 4.78 is 14.6. The Bertz CT molecular complexity index is 542. The second-order valence-electron chi connectivity index (χ2n) is 4.81. The van der Waals surface area contributed by atoms with Crippen molar-refractivity contribution in [2.75, 3.05) is 0 Å². The lowest BCUT2D eigenvalue weighted by Gasteiger charge is -2.41. The van der Waals surface area contributed by atoms with Crippen LogP contribution in [0.15, 0.2) is 29.3 Å². The molecule has 1 unspecified atom stereocenters. The molecule has 1 fully saturated rings. The van der Waals surface area contributed by atoms with Gasteiger partial charge in [-0.2, -0.15) is 0 Å². The first kappa shape index (κ1) is 15.1. The Labute approximate surface area is 125 Å². The van der Waals surface area contributed by atoms with Gasteiger partial charge in [0, 0.05) is 10.9 Å². The molecular weight excluding hydrogens is 306 g/mol. The van der Waals surface area contributed by atoms with Crippen LogP contribution in [-0.4, -0.2) is 22.4 Å². The molecule has 1 aromatic rings. The van der Waals surface area contributed by atoms with E-state index in [0.29, 0.717) is 10.6 Å². The van der Waals surface area contributed by atoms with Crippen LogP contribution in [0.25, 0.3) is 0 Å². The normalized spacial score (nSPS) is 27.8. The molecule has 1 saturated carbocycles. The van der Waals surface area contributed by atoms with Gasteiger partial charge in [0.2, 0.25) is 5.50 Å². The average Bonchev–Trinajstić information content (AvgIpc) is 2.35. The fraction of sp³-hybridized carbons (Fsp3) is 0.385. The fourth-order valence-electron chi connectivity index (χ4n) is 2.21. The van der Waals surface area contributed by atoms with Gasteiger partial charge in [0.1, 0.15) is 5.67 Å². The van der Waals surface area contributed by atoms with Gasteiger partial charge < -0.3 is 10.8 Å². The highest BCUT2D eigenvalue weighted by Crippen LogP contribution is 2.49. The maximum absolute atomic E-state index is 14.6. The van der Waals surface area contributed by atoms with Crippen LogP contribution >= 0.6 is 23.2 Å². The lowest BCUT2D eigenvalue weighted by Crippen LogP contribution is -2.44. The van der Waals surface area contributed by atoms with Crippen LogP contribution in [0.1, 0.15) is 18.4 Å². The molecule has 0 bridgehead atoms. The summed E-state index contributed by atoms with van der Waals surface area (Å²) in [6, 6.07) is 6.52. The number of aliphatic imine (C=N–C) groups is 1. The van der Waals surface area contributed by atoms with Crippen LogP contribution in [-0.2, 0) is 10.5 Å². The third-order valence-electron chi connectivity index (χ3n) is 3.39. The van der Waals surface area contributed by atoms with Crippen LogP contribution in [0.5, 0.6) is 0 Å². The van der Waals surface area contributed by atoms with E-state index >= 15 is 0 Å². The van der Waals surface area contributed by atoms with Crippen molar-refractivity contribution in [3.8, 4) is 0 Å². The van der Waals surface area contributed by atoms with Crippen molar-refractivity contribution in [2.45, 2.75) is 24.0 Å². The Hall–Kier alpha value is -1.33. The summed E-state index contributed by atoms with van der Waals surface area (Å²) in [6.45, 7) is 0. The second-order valence-corrected chi connectivity index (χ2v) is 5.66. The number of benzene rings is 1. The van der Waals surface area contributed by atoms with Crippen LogP contribution in [0.2, 0.25) is 5.02 Å². The van der Waals surface area contributed by atoms with E-state index in [-0.39, 0.29) is 24.6 Å². The molecule has 2 rings (SSSR count). The number of rotatable bonds is 4. The number of nitrogens with zero attached hydrogens (tertiary/aromatic N) is 1. The highest BCUT2D eigenvalue weighted by atomic mass is 35.5. The van der Waals surface area contributed by atoms with Gasteiger partial charge in [-0.3, -0.25) is 0 Å². The molecule has 1 aromatic carbocycles. The van der Waals surface area contributed by atoms with Gasteiger partial charge in [-0.1, -0.05) is 35.3 Å². The third-order valence-corrected chi connectivity index (χ3v) is 3.92. The van der Waals surface area contributed by atoms with Crippen molar-refractivity contribution in [1.82, 2.24) is 0 Å². The number of halogens is 3. The predicted octanol–water partition coefficient (Wildman–Crippen LogP) is 2.92. The Kier molecular flexibility index (Phi) is 4.20. The fourth-order valence-corrected chi connectivity index (χ4v) is 2.44. The molecule has 108 valence electrons. The van der Waals surface area contributed by atoms with Crippen molar-refractivity contribution in [1.29, 1.82) is 0 Å². The van der Waals surface area contributed by atoms with Crippen LogP contribution in [0.4, 0.5) is 4.39 Å². The van der Waals surface area contributed by atoms with Gasteiger partial charge in [-0.05, 0) is 30.5 Å². The van der Waals surface area contributed by atoms with Crippen LogP contribution < -0.4 is 5.73 Å². The maximum atomic E-state index is 14.6. The smallest absolute Gasteiger partial charge is 0.344 e. The van der Waals surface area contributed by atoms with Crippen molar-refractivity contribution in [2.24, 2.45) is 16.6 Å². The molecule has 0 radical (unpaired) electrons. The minimum Gasteiger partial charge on any atom is -0.479 e. The number of hydrogen-bond donors (Lipinski definition) is 2. The van der Waals surface area contributed by atoms with E-state index in [0.717, 1.165) is 0 Å². The minimum absolute atomic E-state index is 0.0784. The zero-order chi connectivity index (χ0) is 14.9.